The Hall–Kier alpha value is -2.47. The average molecular weight is 331 g/mol. The molecule has 120 valence electrons. The minimum absolute atomic E-state index is 0.0450. The van der Waals surface area contributed by atoms with Crippen molar-refractivity contribution in [3.63, 3.8) is 0 Å². The van der Waals surface area contributed by atoms with Crippen LogP contribution < -0.4 is 5.32 Å². The standard InChI is InChI=1S/C17H17NO4S/c1-10-4-9-15(23-10)17(21)22-12(3)16(20)18-14-7-5-13(6-8-14)11(2)19/h4-9,12H,1-3H3,(H,18,20). The van der Waals surface area contributed by atoms with Crippen LogP contribution in [0.25, 0.3) is 0 Å². The van der Waals surface area contributed by atoms with Gasteiger partial charge in [0.25, 0.3) is 5.91 Å². The van der Waals surface area contributed by atoms with Gasteiger partial charge in [0.05, 0.1) is 0 Å². The van der Waals surface area contributed by atoms with Crippen molar-refractivity contribution < 1.29 is 19.1 Å². The Kier molecular flexibility index (Phi) is 5.28. The number of anilines is 1. The van der Waals surface area contributed by atoms with Gasteiger partial charge in [0.1, 0.15) is 4.88 Å². The van der Waals surface area contributed by atoms with E-state index in [0.29, 0.717) is 16.1 Å². The molecule has 5 nitrogen and oxygen atoms in total. The zero-order chi connectivity index (χ0) is 17.0. The van der Waals surface area contributed by atoms with Crippen molar-refractivity contribution in [1.29, 1.82) is 0 Å². The van der Waals surface area contributed by atoms with Crippen molar-refractivity contribution in [3.8, 4) is 0 Å². The number of esters is 1. The van der Waals surface area contributed by atoms with E-state index in [0.717, 1.165) is 4.88 Å². The summed E-state index contributed by atoms with van der Waals surface area (Å²) in [6.07, 6.45) is -0.919. The highest BCUT2D eigenvalue weighted by molar-refractivity contribution is 7.13. The summed E-state index contributed by atoms with van der Waals surface area (Å²) in [5, 5.41) is 2.65. The largest absolute Gasteiger partial charge is 0.448 e. The summed E-state index contributed by atoms with van der Waals surface area (Å²) in [6, 6.07) is 10.0. The number of carbonyl (C=O) groups excluding carboxylic acids is 3. The fourth-order valence-corrected chi connectivity index (χ4v) is 2.60. The summed E-state index contributed by atoms with van der Waals surface area (Å²) in [4.78, 5) is 36.6. The molecule has 0 saturated carbocycles. The topological polar surface area (TPSA) is 72.5 Å². The summed E-state index contributed by atoms with van der Waals surface area (Å²) in [5.74, 6) is -0.990. The molecule has 0 fully saturated rings. The highest BCUT2D eigenvalue weighted by atomic mass is 32.1. The Balaban J connectivity index is 1.94. The van der Waals surface area contributed by atoms with Gasteiger partial charge < -0.3 is 10.1 Å². The van der Waals surface area contributed by atoms with Crippen LogP contribution >= 0.6 is 11.3 Å². The van der Waals surface area contributed by atoms with Crippen LogP contribution in [0, 0.1) is 6.92 Å². The second-order valence-corrected chi connectivity index (χ2v) is 6.37. The number of benzene rings is 1. The van der Waals surface area contributed by atoms with E-state index in [1.807, 2.05) is 13.0 Å². The number of aryl methyl sites for hydroxylation is 1. The van der Waals surface area contributed by atoms with Crippen LogP contribution in [0.2, 0.25) is 0 Å². The first-order valence-electron chi connectivity index (χ1n) is 7.06. The van der Waals surface area contributed by atoms with Gasteiger partial charge in [-0.05, 0) is 57.2 Å². The third-order valence-electron chi connectivity index (χ3n) is 3.15. The number of ketones is 1. The lowest BCUT2D eigenvalue weighted by molar-refractivity contribution is -0.123. The van der Waals surface area contributed by atoms with Gasteiger partial charge in [0, 0.05) is 16.1 Å². The van der Waals surface area contributed by atoms with E-state index in [1.54, 1.807) is 30.3 Å². The van der Waals surface area contributed by atoms with E-state index in [4.69, 9.17) is 4.74 Å². The molecule has 2 aromatic rings. The molecule has 0 aliphatic heterocycles. The normalized spacial score (nSPS) is 11.6. The Morgan fingerprint density at radius 1 is 1.09 bits per heavy atom. The molecule has 0 radical (unpaired) electrons. The van der Waals surface area contributed by atoms with E-state index in [-0.39, 0.29) is 5.78 Å². The molecular weight excluding hydrogens is 314 g/mol. The van der Waals surface area contributed by atoms with Gasteiger partial charge in [-0.2, -0.15) is 0 Å². The van der Waals surface area contributed by atoms with Crippen LogP contribution in [0.3, 0.4) is 0 Å². The Morgan fingerprint density at radius 2 is 1.74 bits per heavy atom. The highest BCUT2D eigenvalue weighted by Gasteiger charge is 2.20. The number of thiophene rings is 1. The van der Waals surface area contributed by atoms with Gasteiger partial charge in [-0.15, -0.1) is 11.3 Å². The lowest BCUT2D eigenvalue weighted by Gasteiger charge is -2.13. The molecule has 0 saturated heterocycles. The quantitative estimate of drug-likeness (QED) is 0.673. The second-order valence-electron chi connectivity index (χ2n) is 5.08. The number of ether oxygens (including phenoxy) is 1. The maximum absolute atomic E-state index is 12.1. The molecule has 1 amide bonds. The predicted octanol–water partition coefficient (Wildman–Crippen LogP) is 3.44. The first-order chi connectivity index (χ1) is 10.9. The Morgan fingerprint density at radius 3 is 2.26 bits per heavy atom. The molecule has 1 heterocycles. The van der Waals surface area contributed by atoms with Gasteiger partial charge in [-0.1, -0.05) is 0 Å². The van der Waals surface area contributed by atoms with Crippen molar-refractivity contribution >= 4 is 34.7 Å². The molecule has 1 aromatic heterocycles. The molecule has 23 heavy (non-hydrogen) atoms. The van der Waals surface area contributed by atoms with Crippen molar-refractivity contribution in [2.24, 2.45) is 0 Å². The van der Waals surface area contributed by atoms with E-state index in [2.05, 4.69) is 5.32 Å². The summed E-state index contributed by atoms with van der Waals surface area (Å²) in [7, 11) is 0. The average Bonchev–Trinajstić information content (AvgIpc) is 2.94. The van der Waals surface area contributed by atoms with Crippen LogP contribution in [0.5, 0.6) is 0 Å². The van der Waals surface area contributed by atoms with Gasteiger partial charge in [-0.25, -0.2) is 4.79 Å². The van der Waals surface area contributed by atoms with Crippen LogP contribution in [0.15, 0.2) is 36.4 Å². The molecule has 6 heteroatoms. The summed E-state index contributed by atoms with van der Waals surface area (Å²) in [6.45, 7) is 4.88. The predicted molar refractivity (Wildman–Crippen MR) is 89.0 cm³/mol. The van der Waals surface area contributed by atoms with Crippen molar-refractivity contribution in [2.45, 2.75) is 26.9 Å². The first-order valence-corrected chi connectivity index (χ1v) is 7.88. The van der Waals surface area contributed by atoms with Crippen molar-refractivity contribution in [2.75, 3.05) is 5.32 Å². The number of Topliss-reactive ketones (excluding diaryl/α,β-unsaturated/α-hetero) is 1. The molecule has 1 N–H and O–H groups in total. The summed E-state index contributed by atoms with van der Waals surface area (Å²) < 4.78 is 5.15. The SMILES string of the molecule is CC(=O)c1ccc(NC(=O)C(C)OC(=O)c2ccc(C)s2)cc1. The Labute approximate surface area is 138 Å². The number of nitrogens with one attached hydrogen (secondary N) is 1. The van der Waals surface area contributed by atoms with Crippen LogP contribution in [0.4, 0.5) is 5.69 Å². The Bertz CT molecular complexity index is 733. The smallest absolute Gasteiger partial charge is 0.349 e. The zero-order valence-electron chi connectivity index (χ0n) is 13.1. The minimum atomic E-state index is -0.919. The van der Waals surface area contributed by atoms with Crippen molar-refractivity contribution in [3.05, 3.63) is 51.7 Å². The molecule has 0 spiro atoms. The fourth-order valence-electron chi connectivity index (χ4n) is 1.85. The number of rotatable bonds is 5. The fraction of sp³-hybridized carbons (Fsp3) is 0.235. The molecule has 0 bridgehead atoms. The molecule has 2 rings (SSSR count). The van der Waals surface area contributed by atoms with E-state index < -0.39 is 18.0 Å². The first kappa shape index (κ1) is 16.9. The number of amides is 1. The summed E-state index contributed by atoms with van der Waals surface area (Å²) >= 11 is 1.32. The third-order valence-corrected chi connectivity index (χ3v) is 4.13. The maximum Gasteiger partial charge on any atom is 0.349 e. The molecule has 1 atom stereocenters. The maximum atomic E-state index is 12.1. The van der Waals surface area contributed by atoms with Crippen LogP contribution in [-0.2, 0) is 9.53 Å². The van der Waals surface area contributed by atoms with Gasteiger partial charge in [-0.3, -0.25) is 9.59 Å². The van der Waals surface area contributed by atoms with Gasteiger partial charge in [0.15, 0.2) is 11.9 Å². The number of hydrogen-bond donors (Lipinski definition) is 1. The van der Waals surface area contributed by atoms with E-state index in [1.165, 1.54) is 25.2 Å². The lowest BCUT2D eigenvalue weighted by atomic mass is 10.1. The second kappa shape index (κ2) is 7.19. The van der Waals surface area contributed by atoms with E-state index >= 15 is 0 Å². The molecule has 0 aliphatic carbocycles. The number of carbonyl (C=O) groups is 3. The minimum Gasteiger partial charge on any atom is -0.448 e. The van der Waals surface area contributed by atoms with Gasteiger partial charge in [0.2, 0.25) is 0 Å². The number of hydrogen-bond acceptors (Lipinski definition) is 5. The summed E-state index contributed by atoms with van der Waals surface area (Å²) in [5.41, 5.74) is 1.10. The molecule has 1 aromatic carbocycles. The van der Waals surface area contributed by atoms with E-state index in [9.17, 15) is 14.4 Å². The van der Waals surface area contributed by atoms with Gasteiger partial charge >= 0.3 is 5.97 Å². The highest BCUT2D eigenvalue weighted by Crippen LogP contribution is 2.17. The lowest BCUT2D eigenvalue weighted by Crippen LogP contribution is -2.29. The van der Waals surface area contributed by atoms with Crippen LogP contribution in [-0.4, -0.2) is 23.8 Å². The molecule has 0 aliphatic rings. The third kappa shape index (κ3) is 4.50. The monoisotopic (exact) mass is 331 g/mol. The molecular formula is C17H17NO4S. The zero-order valence-corrected chi connectivity index (χ0v) is 13.9. The van der Waals surface area contributed by atoms with Crippen molar-refractivity contribution in [1.82, 2.24) is 0 Å². The van der Waals surface area contributed by atoms with Crippen LogP contribution in [0.1, 0.15) is 38.8 Å². The molecule has 1 unspecified atom stereocenters.